The fourth-order valence-electron chi connectivity index (χ4n) is 2.94. The Kier molecular flexibility index (Phi) is 6.93. The number of amides is 1. The summed E-state index contributed by atoms with van der Waals surface area (Å²) in [5, 5.41) is 12.0. The lowest BCUT2D eigenvalue weighted by molar-refractivity contribution is -0.113. The van der Waals surface area contributed by atoms with Crippen LogP contribution in [0, 0.1) is 13.8 Å². The van der Waals surface area contributed by atoms with Gasteiger partial charge in [-0.3, -0.25) is 4.79 Å². The van der Waals surface area contributed by atoms with E-state index in [2.05, 4.69) is 40.6 Å². The highest BCUT2D eigenvalue weighted by atomic mass is 32.2. The van der Waals surface area contributed by atoms with Gasteiger partial charge in [0.15, 0.2) is 11.0 Å². The van der Waals surface area contributed by atoms with E-state index in [9.17, 15) is 4.79 Å². The number of rotatable bonds is 8. The summed E-state index contributed by atoms with van der Waals surface area (Å²) in [6.07, 6.45) is 1.00. The summed E-state index contributed by atoms with van der Waals surface area (Å²) in [5.74, 6) is 1.70. The smallest absolute Gasteiger partial charge is 0.234 e. The van der Waals surface area contributed by atoms with Gasteiger partial charge in [0.2, 0.25) is 5.91 Å². The molecular weight excluding hydrogens is 384 g/mol. The Morgan fingerprint density at radius 3 is 2.45 bits per heavy atom. The second kappa shape index (κ2) is 9.60. The van der Waals surface area contributed by atoms with Crippen LogP contribution in [0.1, 0.15) is 29.4 Å². The van der Waals surface area contributed by atoms with Crippen LogP contribution in [0.3, 0.4) is 0 Å². The number of nitrogens with one attached hydrogen (secondary N) is 1. The predicted molar refractivity (Wildman–Crippen MR) is 116 cm³/mol. The number of hydrogen-bond donors (Lipinski definition) is 1. The second-order valence-electron chi connectivity index (χ2n) is 6.96. The quantitative estimate of drug-likeness (QED) is 0.561. The van der Waals surface area contributed by atoms with Crippen LogP contribution in [0.15, 0.2) is 47.6 Å². The van der Waals surface area contributed by atoms with Crippen LogP contribution in [0.4, 0.5) is 5.69 Å². The molecule has 6 nitrogen and oxygen atoms in total. The van der Waals surface area contributed by atoms with Crippen molar-refractivity contribution in [3.05, 3.63) is 65.0 Å². The van der Waals surface area contributed by atoms with E-state index in [0.717, 1.165) is 29.0 Å². The molecule has 7 heteroatoms. The Morgan fingerprint density at radius 1 is 1.10 bits per heavy atom. The van der Waals surface area contributed by atoms with E-state index in [1.807, 2.05) is 49.7 Å². The maximum absolute atomic E-state index is 12.3. The Balaban J connectivity index is 1.52. The molecule has 3 rings (SSSR count). The molecule has 2 aromatic carbocycles. The highest BCUT2D eigenvalue weighted by molar-refractivity contribution is 7.99. The van der Waals surface area contributed by atoms with E-state index in [1.165, 1.54) is 17.3 Å². The average Bonchev–Trinajstić information content (AvgIpc) is 3.04. The molecule has 0 atom stereocenters. The van der Waals surface area contributed by atoms with Gasteiger partial charge in [0.1, 0.15) is 12.4 Å². The van der Waals surface area contributed by atoms with Crippen molar-refractivity contribution < 1.29 is 9.53 Å². The standard InChI is InChI=1S/C22H26N4O2S/c1-5-17-6-8-19(9-7-17)28-13-20-24-25-22(26(20)4)29-14-21(27)23-18-11-15(2)10-16(3)12-18/h6-12H,5,13-14H2,1-4H3,(H,23,27). The number of anilines is 1. The third kappa shape index (κ3) is 5.84. The summed E-state index contributed by atoms with van der Waals surface area (Å²) < 4.78 is 7.66. The van der Waals surface area contributed by atoms with Crippen molar-refractivity contribution in [1.82, 2.24) is 14.8 Å². The molecule has 1 aromatic heterocycles. The zero-order chi connectivity index (χ0) is 20.8. The van der Waals surface area contributed by atoms with Crippen LogP contribution in [-0.2, 0) is 24.9 Å². The van der Waals surface area contributed by atoms with E-state index in [-0.39, 0.29) is 11.7 Å². The van der Waals surface area contributed by atoms with Gasteiger partial charge < -0.3 is 14.6 Å². The minimum atomic E-state index is -0.0724. The van der Waals surface area contributed by atoms with Crippen LogP contribution in [0.25, 0.3) is 0 Å². The van der Waals surface area contributed by atoms with Crippen molar-refractivity contribution in [3.63, 3.8) is 0 Å². The Labute approximate surface area is 175 Å². The van der Waals surface area contributed by atoms with Gasteiger partial charge in [-0.1, -0.05) is 36.9 Å². The normalized spacial score (nSPS) is 10.8. The third-order valence-electron chi connectivity index (χ3n) is 4.46. The summed E-state index contributed by atoms with van der Waals surface area (Å²) in [6.45, 7) is 6.47. The van der Waals surface area contributed by atoms with E-state index < -0.39 is 0 Å². The SMILES string of the molecule is CCc1ccc(OCc2nnc(SCC(=O)Nc3cc(C)cc(C)c3)n2C)cc1. The van der Waals surface area contributed by atoms with E-state index in [1.54, 1.807) is 0 Å². The van der Waals surface area contributed by atoms with E-state index >= 15 is 0 Å². The molecule has 1 amide bonds. The van der Waals surface area contributed by atoms with Gasteiger partial charge in [-0.05, 0) is 61.2 Å². The molecule has 0 unspecified atom stereocenters. The number of aryl methyl sites for hydroxylation is 3. The highest BCUT2D eigenvalue weighted by Gasteiger charge is 2.12. The van der Waals surface area contributed by atoms with Crippen molar-refractivity contribution in [3.8, 4) is 5.75 Å². The summed E-state index contributed by atoms with van der Waals surface area (Å²) in [6, 6.07) is 14.0. The number of ether oxygens (including phenoxy) is 1. The molecule has 152 valence electrons. The number of thioether (sulfide) groups is 1. The first kappa shape index (κ1) is 20.9. The van der Waals surface area contributed by atoms with Crippen LogP contribution in [-0.4, -0.2) is 26.4 Å². The first-order valence-electron chi connectivity index (χ1n) is 9.55. The maximum atomic E-state index is 12.3. The van der Waals surface area contributed by atoms with Crippen LogP contribution in [0.2, 0.25) is 0 Å². The monoisotopic (exact) mass is 410 g/mol. The molecule has 29 heavy (non-hydrogen) atoms. The third-order valence-corrected chi connectivity index (χ3v) is 5.48. The van der Waals surface area contributed by atoms with Gasteiger partial charge in [-0.15, -0.1) is 10.2 Å². The lowest BCUT2D eigenvalue weighted by Gasteiger charge is -2.08. The van der Waals surface area contributed by atoms with Crippen molar-refractivity contribution in [2.75, 3.05) is 11.1 Å². The van der Waals surface area contributed by atoms with E-state index in [4.69, 9.17) is 4.74 Å². The molecule has 0 aliphatic carbocycles. The molecule has 0 saturated carbocycles. The summed E-state index contributed by atoms with van der Waals surface area (Å²) in [7, 11) is 1.88. The average molecular weight is 411 g/mol. The minimum absolute atomic E-state index is 0.0724. The Hall–Kier alpha value is -2.80. The molecule has 0 aliphatic rings. The van der Waals surface area contributed by atoms with Crippen molar-refractivity contribution >= 4 is 23.4 Å². The van der Waals surface area contributed by atoms with Gasteiger partial charge in [0, 0.05) is 12.7 Å². The van der Waals surface area contributed by atoms with Crippen molar-refractivity contribution in [1.29, 1.82) is 0 Å². The van der Waals surface area contributed by atoms with Crippen LogP contribution in [0.5, 0.6) is 5.75 Å². The van der Waals surface area contributed by atoms with Crippen LogP contribution < -0.4 is 10.1 Å². The molecule has 0 bridgehead atoms. The molecule has 0 spiro atoms. The van der Waals surface area contributed by atoms with Gasteiger partial charge >= 0.3 is 0 Å². The Bertz CT molecular complexity index is 963. The topological polar surface area (TPSA) is 69.0 Å². The number of aromatic nitrogens is 3. The zero-order valence-corrected chi connectivity index (χ0v) is 18.0. The highest BCUT2D eigenvalue weighted by Crippen LogP contribution is 2.19. The predicted octanol–water partition coefficient (Wildman–Crippen LogP) is 4.30. The number of carbonyl (C=O) groups excluding carboxylic acids is 1. The molecular formula is C22H26N4O2S. The van der Waals surface area contributed by atoms with Gasteiger partial charge in [-0.2, -0.15) is 0 Å². The lowest BCUT2D eigenvalue weighted by Crippen LogP contribution is -2.14. The molecule has 1 N–H and O–H groups in total. The molecule has 0 aliphatic heterocycles. The van der Waals surface area contributed by atoms with Gasteiger partial charge in [0.25, 0.3) is 0 Å². The lowest BCUT2D eigenvalue weighted by atomic mass is 10.1. The fourth-order valence-corrected chi connectivity index (χ4v) is 3.67. The second-order valence-corrected chi connectivity index (χ2v) is 7.90. The minimum Gasteiger partial charge on any atom is -0.486 e. The largest absolute Gasteiger partial charge is 0.486 e. The fraction of sp³-hybridized carbons (Fsp3) is 0.318. The number of benzene rings is 2. The summed E-state index contributed by atoms with van der Waals surface area (Å²) in [4.78, 5) is 12.3. The number of hydrogen-bond acceptors (Lipinski definition) is 5. The molecule has 1 heterocycles. The Morgan fingerprint density at radius 2 is 1.79 bits per heavy atom. The first-order valence-corrected chi connectivity index (χ1v) is 10.5. The number of nitrogens with zero attached hydrogens (tertiary/aromatic N) is 3. The maximum Gasteiger partial charge on any atom is 0.234 e. The van der Waals surface area contributed by atoms with Gasteiger partial charge in [0.05, 0.1) is 5.75 Å². The van der Waals surface area contributed by atoms with Crippen molar-refractivity contribution in [2.45, 2.75) is 39.0 Å². The summed E-state index contributed by atoms with van der Waals surface area (Å²) >= 11 is 1.35. The molecule has 0 radical (unpaired) electrons. The number of carbonyl (C=O) groups is 1. The molecule has 0 saturated heterocycles. The van der Waals surface area contributed by atoms with Crippen LogP contribution >= 0.6 is 11.8 Å². The zero-order valence-electron chi connectivity index (χ0n) is 17.2. The first-order chi connectivity index (χ1) is 13.9. The van der Waals surface area contributed by atoms with E-state index in [0.29, 0.717) is 17.6 Å². The molecule has 3 aromatic rings. The van der Waals surface area contributed by atoms with Crippen molar-refractivity contribution in [2.24, 2.45) is 7.05 Å². The van der Waals surface area contributed by atoms with Gasteiger partial charge in [-0.25, -0.2) is 0 Å². The molecule has 0 fully saturated rings. The summed E-state index contributed by atoms with van der Waals surface area (Å²) in [5.41, 5.74) is 4.33.